The molecule has 0 aromatic heterocycles. The van der Waals surface area contributed by atoms with Crippen molar-refractivity contribution in [1.82, 2.24) is 0 Å². The van der Waals surface area contributed by atoms with Crippen molar-refractivity contribution in [2.45, 2.75) is 186 Å². The number of quaternary nitrogens is 1. The quantitative estimate of drug-likeness (QED) is 0.0347. The fourth-order valence-electron chi connectivity index (χ4n) is 5.55. The van der Waals surface area contributed by atoms with Crippen LogP contribution in [0.3, 0.4) is 0 Å². The Hall–Kier alpha value is 0.380. The molecule has 46 heavy (non-hydrogen) atoms. The molecule has 0 spiro atoms. The molecular weight excluding hydrogens is 621 g/mol. The first kappa shape index (κ1) is 50.8. The Balaban J connectivity index is -0.000000770. The Labute approximate surface area is 317 Å². The zero-order valence-electron chi connectivity index (χ0n) is 30.7. The zero-order chi connectivity index (χ0) is 32.6. The molecule has 4 nitrogen and oxygen atoms in total. The van der Waals surface area contributed by atoms with Gasteiger partial charge in [-0.2, -0.15) is 8.42 Å². The fourth-order valence-corrected chi connectivity index (χ4v) is 6.51. The molecule has 1 rings (SSSR count). The zero-order valence-corrected chi connectivity index (χ0v) is 32.3. The number of halogens is 1. The average molecular weight is 700 g/mol. The van der Waals surface area contributed by atoms with Gasteiger partial charge in [-0.1, -0.05) is 180 Å². The van der Waals surface area contributed by atoms with E-state index in [1.807, 2.05) is 0 Å². The summed E-state index contributed by atoms with van der Waals surface area (Å²) in [4.78, 5) is 0.238. The van der Waals surface area contributed by atoms with E-state index in [-0.39, 0.29) is 53.5 Å². The van der Waals surface area contributed by atoms with Crippen molar-refractivity contribution in [1.29, 1.82) is 0 Å². The molecule has 0 unspecified atom stereocenters. The SMILES string of the molecule is CCCCCCCCCCCCCCCCCC[N+](C)(C)C.CCCCCCCCCCCCOS(=O)(=O)c1ccccc1.Cl.[NaH]. The van der Waals surface area contributed by atoms with Crippen LogP contribution in [0.5, 0.6) is 0 Å². The summed E-state index contributed by atoms with van der Waals surface area (Å²) >= 11 is 0. The number of hydrogen-bond acceptors (Lipinski definition) is 3. The first-order valence-corrected chi connectivity index (χ1v) is 20.4. The molecule has 0 fully saturated rings. The molecule has 0 saturated carbocycles. The predicted octanol–water partition coefficient (Wildman–Crippen LogP) is 12.0. The van der Waals surface area contributed by atoms with E-state index in [1.54, 1.807) is 30.3 Å². The van der Waals surface area contributed by atoms with E-state index in [2.05, 4.69) is 35.0 Å². The maximum absolute atomic E-state index is 11.9. The van der Waals surface area contributed by atoms with Gasteiger partial charge in [0.05, 0.1) is 39.2 Å². The summed E-state index contributed by atoms with van der Waals surface area (Å²) in [6, 6.07) is 8.33. The third-order valence-electron chi connectivity index (χ3n) is 8.45. The molecule has 1 aromatic carbocycles. The van der Waals surface area contributed by atoms with Crippen LogP contribution in [0.1, 0.15) is 181 Å². The number of unbranched alkanes of at least 4 members (excludes halogenated alkanes) is 24. The number of nitrogens with zero attached hydrogens (tertiary/aromatic N) is 1. The van der Waals surface area contributed by atoms with Crippen LogP contribution in [-0.4, -0.2) is 76.8 Å². The normalized spacial score (nSPS) is 11.3. The first-order valence-electron chi connectivity index (χ1n) is 19.0. The Bertz CT molecular complexity index is 818. The third kappa shape index (κ3) is 37.2. The van der Waals surface area contributed by atoms with Crippen LogP contribution in [-0.2, 0) is 14.3 Å². The van der Waals surface area contributed by atoms with E-state index in [0.717, 1.165) is 17.3 Å². The van der Waals surface area contributed by atoms with Gasteiger partial charge in [0, 0.05) is 0 Å². The van der Waals surface area contributed by atoms with Gasteiger partial charge in [-0.3, -0.25) is 4.18 Å². The van der Waals surface area contributed by atoms with Gasteiger partial charge in [0.1, 0.15) is 0 Å². The number of benzene rings is 1. The van der Waals surface area contributed by atoms with Crippen LogP contribution in [0.15, 0.2) is 35.2 Å². The minimum atomic E-state index is -3.57. The van der Waals surface area contributed by atoms with Gasteiger partial charge in [-0.15, -0.1) is 12.4 Å². The third-order valence-corrected chi connectivity index (χ3v) is 9.78. The van der Waals surface area contributed by atoms with Gasteiger partial charge in [-0.25, -0.2) is 0 Å². The topological polar surface area (TPSA) is 43.4 Å². The summed E-state index contributed by atoms with van der Waals surface area (Å²) in [7, 11) is 3.32. The van der Waals surface area contributed by atoms with Crippen LogP contribution >= 0.6 is 12.4 Å². The number of rotatable bonds is 30. The van der Waals surface area contributed by atoms with Crippen molar-refractivity contribution in [3.8, 4) is 0 Å². The Morgan fingerprint density at radius 3 is 1.13 bits per heavy atom. The van der Waals surface area contributed by atoms with Gasteiger partial charge in [-0.05, 0) is 31.4 Å². The van der Waals surface area contributed by atoms with Crippen molar-refractivity contribution in [2.24, 2.45) is 0 Å². The van der Waals surface area contributed by atoms with Crippen molar-refractivity contribution in [3.63, 3.8) is 0 Å². The van der Waals surface area contributed by atoms with Crippen LogP contribution < -0.4 is 0 Å². The van der Waals surface area contributed by atoms with E-state index in [4.69, 9.17) is 4.18 Å². The first-order chi connectivity index (χ1) is 21.2. The minimum absolute atomic E-state index is 0. The van der Waals surface area contributed by atoms with Gasteiger partial charge < -0.3 is 4.48 Å². The van der Waals surface area contributed by atoms with Crippen LogP contribution in [0, 0.1) is 0 Å². The molecule has 0 bridgehead atoms. The Morgan fingerprint density at radius 2 is 0.804 bits per heavy atom. The van der Waals surface area contributed by atoms with Crippen molar-refractivity contribution in [2.75, 3.05) is 34.3 Å². The summed E-state index contributed by atoms with van der Waals surface area (Å²) in [6.45, 7) is 6.15. The van der Waals surface area contributed by atoms with Crippen LogP contribution in [0.4, 0.5) is 0 Å². The molecule has 270 valence electrons. The van der Waals surface area contributed by atoms with Gasteiger partial charge in [0.2, 0.25) is 0 Å². The molecule has 0 atom stereocenters. The second-order valence-corrected chi connectivity index (χ2v) is 15.7. The molecule has 0 amide bonds. The molecule has 0 aliphatic carbocycles. The standard InChI is InChI=1S/C21H46N.C18H30O3S.ClH.Na.H/c1-5-6-7-8-9-10-11-12-13-14-15-16-17-18-19-20-21-22(2,3)4;1-2-3-4-5-6-7-8-9-10-14-17-21-22(19,20)18-15-12-11-13-16-18;;;/h5-21H2,1-4H3;11-13,15-16H,2-10,14,17H2,1H3;1H;;/q+1;;;;. The molecule has 0 radical (unpaired) electrons. The summed E-state index contributed by atoms with van der Waals surface area (Å²) in [5, 5.41) is 0. The molecule has 1 aromatic rings. The second-order valence-electron chi connectivity index (χ2n) is 14.1. The summed E-state index contributed by atoms with van der Waals surface area (Å²) in [5.74, 6) is 0. The monoisotopic (exact) mass is 699 g/mol. The summed E-state index contributed by atoms with van der Waals surface area (Å²) in [5.41, 5.74) is 0. The van der Waals surface area contributed by atoms with Crippen molar-refractivity contribution in [3.05, 3.63) is 30.3 Å². The molecule has 7 heteroatoms. The number of hydrogen-bond donors (Lipinski definition) is 0. The molecule has 0 aliphatic heterocycles. The van der Waals surface area contributed by atoms with E-state index < -0.39 is 10.1 Å². The van der Waals surface area contributed by atoms with Crippen LogP contribution in [0.2, 0.25) is 0 Å². The van der Waals surface area contributed by atoms with Gasteiger partial charge in [0.15, 0.2) is 0 Å². The summed E-state index contributed by atoms with van der Waals surface area (Å²) in [6.07, 6.45) is 35.6. The van der Waals surface area contributed by atoms with E-state index in [0.29, 0.717) is 0 Å². The molecular formula is C39H78ClNNaO3S+. The maximum atomic E-state index is 11.9. The summed E-state index contributed by atoms with van der Waals surface area (Å²) < 4.78 is 29.9. The van der Waals surface area contributed by atoms with E-state index in [9.17, 15) is 8.42 Å². The Morgan fingerprint density at radius 1 is 0.500 bits per heavy atom. The average Bonchev–Trinajstić information content (AvgIpc) is 3.00. The van der Waals surface area contributed by atoms with E-state index >= 15 is 0 Å². The fraction of sp³-hybridized carbons (Fsp3) is 0.846. The van der Waals surface area contributed by atoms with Crippen molar-refractivity contribution < 1.29 is 17.1 Å². The van der Waals surface area contributed by atoms with Crippen molar-refractivity contribution >= 4 is 52.1 Å². The van der Waals surface area contributed by atoms with Gasteiger partial charge in [0.25, 0.3) is 10.1 Å². The van der Waals surface area contributed by atoms with E-state index in [1.165, 1.54) is 161 Å². The Kier molecular flexibility index (Phi) is 40.4. The molecule has 0 saturated heterocycles. The molecule has 0 aliphatic rings. The van der Waals surface area contributed by atoms with Gasteiger partial charge >= 0.3 is 29.6 Å². The molecule has 0 N–H and O–H groups in total. The molecule has 0 heterocycles. The van der Waals surface area contributed by atoms with Crippen LogP contribution in [0.25, 0.3) is 0 Å². The second kappa shape index (κ2) is 36.7. The predicted molar refractivity (Wildman–Crippen MR) is 208 cm³/mol.